The Labute approximate surface area is 105 Å². The van der Waals surface area contributed by atoms with E-state index >= 15 is 0 Å². The van der Waals surface area contributed by atoms with Crippen molar-refractivity contribution in [2.45, 2.75) is 12.8 Å². The number of halogens is 1. The summed E-state index contributed by atoms with van der Waals surface area (Å²) in [5, 5.41) is 12.1. The third-order valence-corrected chi connectivity index (χ3v) is 3.32. The van der Waals surface area contributed by atoms with Crippen LogP contribution in [0.2, 0.25) is 0 Å². The van der Waals surface area contributed by atoms with E-state index in [1.54, 1.807) is 12.1 Å². The number of nitrogens with one attached hydrogen (secondary N) is 1. The molecule has 1 heterocycles. The molecule has 1 amide bonds. The van der Waals surface area contributed by atoms with Gasteiger partial charge in [0, 0.05) is 25.3 Å². The van der Waals surface area contributed by atoms with Gasteiger partial charge in [0.25, 0.3) is 0 Å². The summed E-state index contributed by atoms with van der Waals surface area (Å²) in [6.45, 7) is 2.01. The fourth-order valence-electron chi connectivity index (χ4n) is 2.16. The van der Waals surface area contributed by atoms with Gasteiger partial charge in [-0.1, -0.05) is 0 Å². The van der Waals surface area contributed by atoms with Crippen molar-refractivity contribution >= 4 is 11.8 Å². The van der Waals surface area contributed by atoms with Crippen LogP contribution < -0.4 is 5.32 Å². The molecule has 4 nitrogen and oxygen atoms in total. The maximum atomic E-state index is 12.7. The monoisotopic (exact) mass is 252 g/mol. The second-order valence-electron chi connectivity index (χ2n) is 4.60. The molecule has 1 aliphatic heterocycles. The molecule has 0 bridgehead atoms. The van der Waals surface area contributed by atoms with Crippen molar-refractivity contribution in [1.29, 1.82) is 0 Å². The Kier molecular flexibility index (Phi) is 4.02. The van der Waals surface area contributed by atoms with Gasteiger partial charge in [-0.25, -0.2) is 9.18 Å². The highest BCUT2D eigenvalue weighted by molar-refractivity contribution is 5.65. The van der Waals surface area contributed by atoms with Gasteiger partial charge in [-0.05, 0) is 43.0 Å². The third-order valence-electron chi connectivity index (χ3n) is 3.32. The van der Waals surface area contributed by atoms with Crippen LogP contribution in [0, 0.1) is 11.7 Å². The number of amides is 1. The van der Waals surface area contributed by atoms with Gasteiger partial charge in [0.2, 0.25) is 0 Å². The molecular weight excluding hydrogens is 235 g/mol. The fourth-order valence-corrected chi connectivity index (χ4v) is 2.16. The number of nitrogens with zero attached hydrogens (tertiary/aromatic N) is 1. The number of carbonyl (C=O) groups is 1. The van der Waals surface area contributed by atoms with Gasteiger partial charge in [-0.2, -0.15) is 0 Å². The Balaban J connectivity index is 1.75. The molecule has 1 aromatic rings. The van der Waals surface area contributed by atoms with Gasteiger partial charge >= 0.3 is 6.09 Å². The maximum Gasteiger partial charge on any atom is 0.407 e. The van der Waals surface area contributed by atoms with Crippen LogP contribution in [0.1, 0.15) is 12.8 Å². The van der Waals surface area contributed by atoms with E-state index in [4.69, 9.17) is 5.11 Å². The first-order valence-electron chi connectivity index (χ1n) is 6.12. The normalized spacial score (nSPS) is 16.6. The van der Waals surface area contributed by atoms with E-state index in [0.29, 0.717) is 19.0 Å². The predicted molar refractivity (Wildman–Crippen MR) is 67.2 cm³/mol. The molecular formula is C13H17FN2O2. The molecule has 0 spiro atoms. The molecule has 0 atom stereocenters. The van der Waals surface area contributed by atoms with Crippen molar-refractivity contribution in [3.05, 3.63) is 30.1 Å². The SMILES string of the molecule is O=C(O)N1CCC(CNc2ccc(F)cc2)CC1. The van der Waals surface area contributed by atoms with Crippen LogP contribution in [0.3, 0.4) is 0 Å². The van der Waals surface area contributed by atoms with Gasteiger partial charge in [0.15, 0.2) is 0 Å². The van der Waals surface area contributed by atoms with Crippen molar-refractivity contribution in [2.75, 3.05) is 25.0 Å². The maximum absolute atomic E-state index is 12.7. The summed E-state index contributed by atoms with van der Waals surface area (Å²) in [6, 6.07) is 6.27. The van der Waals surface area contributed by atoms with Crippen molar-refractivity contribution < 1.29 is 14.3 Å². The molecule has 2 N–H and O–H groups in total. The second-order valence-corrected chi connectivity index (χ2v) is 4.60. The number of carboxylic acid groups (broad SMARTS) is 1. The van der Waals surface area contributed by atoms with E-state index in [1.807, 2.05) is 0 Å². The minimum absolute atomic E-state index is 0.240. The van der Waals surface area contributed by atoms with Crippen molar-refractivity contribution in [2.24, 2.45) is 5.92 Å². The highest BCUT2D eigenvalue weighted by atomic mass is 19.1. The summed E-state index contributed by atoms with van der Waals surface area (Å²) in [4.78, 5) is 12.2. The molecule has 0 aliphatic carbocycles. The Morgan fingerprint density at radius 1 is 1.33 bits per heavy atom. The number of anilines is 1. The number of hydrogen-bond donors (Lipinski definition) is 2. The summed E-state index contributed by atoms with van der Waals surface area (Å²) in [7, 11) is 0. The minimum Gasteiger partial charge on any atom is -0.465 e. The largest absolute Gasteiger partial charge is 0.465 e. The van der Waals surface area contributed by atoms with Gasteiger partial charge in [-0.3, -0.25) is 0 Å². The zero-order valence-corrected chi connectivity index (χ0v) is 10.1. The molecule has 0 radical (unpaired) electrons. The average molecular weight is 252 g/mol. The number of benzene rings is 1. The van der Waals surface area contributed by atoms with E-state index < -0.39 is 6.09 Å². The van der Waals surface area contributed by atoms with Crippen molar-refractivity contribution in [3.63, 3.8) is 0 Å². The average Bonchev–Trinajstić information content (AvgIpc) is 2.38. The lowest BCUT2D eigenvalue weighted by atomic mass is 9.97. The minimum atomic E-state index is -0.833. The van der Waals surface area contributed by atoms with E-state index in [9.17, 15) is 9.18 Å². The summed E-state index contributed by atoms with van der Waals surface area (Å²) in [6.07, 6.45) is 0.918. The standard InChI is InChI=1S/C13H17FN2O2/c14-11-1-3-12(4-2-11)15-9-10-5-7-16(8-6-10)13(17)18/h1-4,10,15H,5-9H2,(H,17,18). The number of likely N-dealkylation sites (tertiary alicyclic amines) is 1. The molecule has 1 saturated heterocycles. The van der Waals surface area contributed by atoms with Crippen LogP contribution in [-0.4, -0.2) is 35.7 Å². The van der Waals surface area contributed by atoms with Gasteiger partial charge in [0.05, 0.1) is 0 Å². The van der Waals surface area contributed by atoms with Crippen LogP contribution >= 0.6 is 0 Å². The van der Waals surface area contributed by atoms with E-state index in [1.165, 1.54) is 17.0 Å². The van der Waals surface area contributed by atoms with Crippen molar-refractivity contribution in [3.8, 4) is 0 Å². The Morgan fingerprint density at radius 2 is 1.94 bits per heavy atom. The van der Waals surface area contributed by atoms with Gasteiger partial charge < -0.3 is 15.3 Å². The Bertz CT molecular complexity index is 400. The topological polar surface area (TPSA) is 52.6 Å². The molecule has 1 aromatic carbocycles. The highest BCUT2D eigenvalue weighted by Crippen LogP contribution is 2.18. The van der Waals surface area contributed by atoms with Crippen LogP contribution in [-0.2, 0) is 0 Å². The molecule has 98 valence electrons. The third kappa shape index (κ3) is 3.35. The first-order chi connectivity index (χ1) is 8.65. The van der Waals surface area contributed by atoms with E-state index in [0.717, 1.165) is 25.1 Å². The smallest absolute Gasteiger partial charge is 0.407 e. The van der Waals surface area contributed by atoms with Crippen LogP contribution in [0.4, 0.5) is 14.9 Å². The Morgan fingerprint density at radius 3 is 2.50 bits per heavy atom. The van der Waals surface area contributed by atoms with Crippen LogP contribution in [0.25, 0.3) is 0 Å². The zero-order chi connectivity index (χ0) is 13.0. The quantitative estimate of drug-likeness (QED) is 0.869. The summed E-state index contributed by atoms with van der Waals surface area (Å²) < 4.78 is 12.7. The Hall–Kier alpha value is -1.78. The number of rotatable bonds is 3. The molecule has 0 saturated carbocycles. The molecule has 5 heteroatoms. The molecule has 1 aliphatic rings. The number of hydrogen-bond acceptors (Lipinski definition) is 2. The van der Waals surface area contributed by atoms with Crippen molar-refractivity contribution in [1.82, 2.24) is 4.90 Å². The lowest BCUT2D eigenvalue weighted by molar-refractivity contribution is 0.126. The van der Waals surface area contributed by atoms with E-state index in [2.05, 4.69) is 5.32 Å². The molecule has 1 fully saturated rings. The highest BCUT2D eigenvalue weighted by Gasteiger charge is 2.21. The summed E-state index contributed by atoms with van der Waals surface area (Å²) in [5.74, 6) is 0.237. The number of piperidine rings is 1. The van der Waals surface area contributed by atoms with Gasteiger partial charge in [-0.15, -0.1) is 0 Å². The zero-order valence-electron chi connectivity index (χ0n) is 10.1. The first kappa shape index (κ1) is 12.7. The molecule has 0 aromatic heterocycles. The lowest BCUT2D eigenvalue weighted by Gasteiger charge is -2.30. The molecule has 2 rings (SSSR count). The summed E-state index contributed by atoms with van der Waals surface area (Å²) >= 11 is 0. The lowest BCUT2D eigenvalue weighted by Crippen LogP contribution is -2.39. The fraction of sp³-hybridized carbons (Fsp3) is 0.462. The van der Waals surface area contributed by atoms with Gasteiger partial charge in [0.1, 0.15) is 5.82 Å². The first-order valence-corrected chi connectivity index (χ1v) is 6.12. The summed E-state index contributed by atoms with van der Waals surface area (Å²) in [5.41, 5.74) is 0.900. The van der Waals surface area contributed by atoms with Crippen LogP contribution in [0.15, 0.2) is 24.3 Å². The van der Waals surface area contributed by atoms with E-state index in [-0.39, 0.29) is 5.82 Å². The second kappa shape index (κ2) is 5.71. The molecule has 0 unspecified atom stereocenters. The molecule has 18 heavy (non-hydrogen) atoms. The predicted octanol–water partition coefficient (Wildman–Crippen LogP) is 2.63. The van der Waals surface area contributed by atoms with Crippen LogP contribution in [0.5, 0.6) is 0 Å².